The maximum absolute atomic E-state index is 13.2. The van der Waals surface area contributed by atoms with Gasteiger partial charge in [-0.25, -0.2) is 4.98 Å². The monoisotopic (exact) mass is 417 g/mol. The number of halogens is 5. The number of benzene rings is 1. The van der Waals surface area contributed by atoms with Gasteiger partial charge < -0.3 is 9.72 Å². The number of aromatic nitrogens is 3. The molecule has 2 heterocycles. The molecule has 0 aliphatic heterocycles. The zero-order valence-corrected chi connectivity index (χ0v) is 15.7. The summed E-state index contributed by atoms with van der Waals surface area (Å²) in [5.74, 6) is -4.60. The van der Waals surface area contributed by atoms with Gasteiger partial charge in [0.2, 0.25) is 0 Å². The largest absolute Gasteiger partial charge is 0.486 e. The number of thioether (sulfide) groups is 1. The highest BCUT2D eigenvalue weighted by Crippen LogP contribution is 2.37. The third-order valence-electron chi connectivity index (χ3n) is 4.07. The Kier molecular flexibility index (Phi) is 5.51. The van der Waals surface area contributed by atoms with Crippen molar-refractivity contribution in [2.24, 2.45) is 0 Å². The number of hydrogen-bond acceptors (Lipinski definition) is 4. The van der Waals surface area contributed by atoms with Gasteiger partial charge in [-0.2, -0.15) is 22.0 Å². The van der Waals surface area contributed by atoms with Crippen molar-refractivity contribution in [3.8, 4) is 5.75 Å². The molecule has 0 fully saturated rings. The highest BCUT2D eigenvalue weighted by molar-refractivity contribution is 7.98. The van der Waals surface area contributed by atoms with Gasteiger partial charge in [0.1, 0.15) is 5.75 Å². The average Bonchev–Trinajstić information content (AvgIpc) is 3.02. The standard InChI is InChI=1S/C18H16F5N3OS/c1-10-7-24-14(8-28-16-25-12-5-3-4-6-13(12)26-16)11(2)15(10)27-9-17(19,20)18(21,22)23/h3-7H,8-9H2,1-2H3,(H,25,26). The molecule has 0 unspecified atom stereocenters. The Bertz CT molecular complexity index is 954. The van der Waals surface area contributed by atoms with Crippen molar-refractivity contribution in [1.82, 2.24) is 15.0 Å². The number of ether oxygens (including phenoxy) is 1. The lowest BCUT2D eigenvalue weighted by Crippen LogP contribution is -2.42. The predicted octanol–water partition coefficient (Wildman–Crippen LogP) is 5.44. The van der Waals surface area contributed by atoms with Gasteiger partial charge in [0.05, 0.1) is 16.7 Å². The second kappa shape index (κ2) is 7.57. The van der Waals surface area contributed by atoms with Gasteiger partial charge in [0, 0.05) is 23.1 Å². The van der Waals surface area contributed by atoms with E-state index in [1.807, 2.05) is 24.3 Å². The Morgan fingerprint density at radius 3 is 2.50 bits per heavy atom. The van der Waals surface area contributed by atoms with Gasteiger partial charge in [-0.15, -0.1) is 0 Å². The van der Waals surface area contributed by atoms with Crippen LogP contribution in [0.4, 0.5) is 22.0 Å². The average molecular weight is 417 g/mol. The summed E-state index contributed by atoms with van der Waals surface area (Å²) in [4.78, 5) is 11.8. The van der Waals surface area contributed by atoms with E-state index in [0.717, 1.165) is 11.0 Å². The van der Waals surface area contributed by atoms with E-state index in [2.05, 4.69) is 15.0 Å². The second-order valence-corrected chi connectivity index (χ2v) is 7.14. The molecule has 0 bridgehead atoms. The molecule has 4 nitrogen and oxygen atoms in total. The van der Waals surface area contributed by atoms with Crippen molar-refractivity contribution in [2.45, 2.75) is 36.9 Å². The molecule has 3 rings (SSSR count). The molecule has 0 saturated carbocycles. The number of para-hydroxylation sites is 2. The van der Waals surface area contributed by atoms with Crippen LogP contribution in [-0.4, -0.2) is 33.7 Å². The number of alkyl halides is 5. The van der Waals surface area contributed by atoms with Crippen LogP contribution in [0.1, 0.15) is 16.8 Å². The van der Waals surface area contributed by atoms with Gasteiger partial charge in [0.25, 0.3) is 0 Å². The van der Waals surface area contributed by atoms with Crippen molar-refractivity contribution in [3.05, 3.63) is 47.3 Å². The third-order valence-corrected chi connectivity index (χ3v) is 4.96. The van der Waals surface area contributed by atoms with E-state index in [1.54, 1.807) is 6.92 Å². The minimum absolute atomic E-state index is 0.0147. The quantitative estimate of drug-likeness (QED) is 0.428. The van der Waals surface area contributed by atoms with E-state index in [9.17, 15) is 22.0 Å². The molecule has 150 valence electrons. The molecule has 2 aromatic heterocycles. The van der Waals surface area contributed by atoms with Gasteiger partial charge in [-0.1, -0.05) is 23.9 Å². The molecule has 1 N–H and O–H groups in total. The summed E-state index contributed by atoms with van der Waals surface area (Å²) in [6, 6.07) is 7.48. The molecule has 0 atom stereocenters. The fourth-order valence-electron chi connectivity index (χ4n) is 2.50. The van der Waals surface area contributed by atoms with Crippen LogP contribution in [0.25, 0.3) is 11.0 Å². The first-order valence-electron chi connectivity index (χ1n) is 8.18. The van der Waals surface area contributed by atoms with E-state index in [0.29, 0.717) is 27.7 Å². The van der Waals surface area contributed by atoms with E-state index >= 15 is 0 Å². The predicted molar refractivity (Wildman–Crippen MR) is 95.9 cm³/mol. The van der Waals surface area contributed by atoms with Crippen molar-refractivity contribution in [3.63, 3.8) is 0 Å². The van der Waals surface area contributed by atoms with Crippen LogP contribution in [-0.2, 0) is 5.75 Å². The second-order valence-electron chi connectivity index (χ2n) is 6.18. The summed E-state index contributed by atoms with van der Waals surface area (Å²) in [6.45, 7) is 1.34. The minimum atomic E-state index is -5.66. The number of pyridine rings is 1. The van der Waals surface area contributed by atoms with Gasteiger partial charge >= 0.3 is 12.1 Å². The molecule has 0 amide bonds. The number of nitrogens with one attached hydrogen (secondary N) is 1. The number of imidazole rings is 1. The Morgan fingerprint density at radius 2 is 1.82 bits per heavy atom. The van der Waals surface area contributed by atoms with E-state index in [1.165, 1.54) is 24.9 Å². The van der Waals surface area contributed by atoms with Crippen LogP contribution in [0.3, 0.4) is 0 Å². The zero-order valence-electron chi connectivity index (χ0n) is 14.9. The van der Waals surface area contributed by atoms with Crippen molar-refractivity contribution >= 4 is 22.8 Å². The van der Waals surface area contributed by atoms with Gasteiger partial charge in [-0.3, -0.25) is 4.98 Å². The zero-order chi connectivity index (χ0) is 20.5. The molecular weight excluding hydrogens is 401 g/mol. The number of fused-ring (bicyclic) bond motifs is 1. The molecular formula is C18H16F5N3OS. The molecule has 28 heavy (non-hydrogen) atoms. The van der Waals surface area contributed by atoms with E-state index in [-0.39, 0.29) is 5.75 Å². The lowest BCUT2D eigenvalue weighted by Gasteiger charge is -2.21. The molecule has 10 heteroatoms. The molecule has 0 saturated heterocycles. The van der Waals surface area contributed by atoms with Crippen LogP contribution < -0.4 is 4.74 Å². The molecule has 0 aliphatic carbocycles. The summed E-state index contributed by atoms with van der Waals surface area (Å²) in [6.07, 6.45) is -4.27. The minimum Gasteiger partial charge on any atom is -0.486 e. The fraction of sp³-hybridized carbons (Fsp3) is 0.333. The highest BCUT2D eigenvalue weighted by atomic mass is 32.2. The van der Waals surface area contributed by atoms with Gasteiger partial charge in [0.15, 0.2) is 11.8 Å². The van der Waals surface area contributed by atoms with E-state index < -0.39 is 18.7 Å². The van der Waals surface area contributed by atoms with Crippen LogP contribution >= 0.6 is 11.8 Å². The normalized spacial score (nSPS) is 12.5. The SMILES string of the molecule is Cc1cnc(CSc2nc3ccccc3[nH]2)c(C)c1OCC(F)(F)C(F)(F)F. The molecule has 3 aromatic rings. The Morgan fingerprint density at radius 1 is 1.11 bits per heavy atom. The summed E-state index contributed by atoms with van der Waals surface area (Å²) in [7, 11) is 0. The topological polar surface area (TPSA) is 50.8 Å². The van der Waals surface area contributed by atoms with Crippen LogP contribution in [0.15, 0.2) is 35.6 Å². The summed E-state index contributed by atoms with van der Waals surface area (Å²) < 4.78 is 68.3. The van der Waals surface area contributed by atoms with Crippen LogP contribution in [0.5, 0.6) is 5.75 Å². The summed E-state index contributed by atoms with van der Waals surface area (Å²) in [5, 5.41) is 0.647. The maximum Gasteiger partial charge on any atom is 0.456 e. The Hall–Kier alpha value is -2.36. The van der Waals surface area contributed by atoms with Crippen molar-refractivity contribution in [1.29, 1.82) is 0 Å². The van der Waals surface area contributed by atoms with Crippen LogP contribution in [0, 0.1) is 13.8 Å². The van der Waals surface area contributed by atoms with E-state index in [4.69, 9.17) is 4.74 Å². The molecule has 0 aliphatic rings. The lowest BCUT2D eigenvalue weighted by atomic mass is 10.1. The number of hydrogen-bond donors (Lipinski definition) is 1. The fourth-order valence-corrected chi connectivity index (χ4v) is 3.41. The van der Waals surface area contributed by atoms with Crippen molar-refractivity contribution in [2.75, 3.05) is 6.61 Å². The first-order valence-corrected chi connectivity index (χ1v) is 9.17. The first-order chi connectivity index (χ1) is 13.1. The Labute approximate surface area is 161 Å². The van der Waals surface area contributed by atoms with Crippen molar-refractivity contribution < 1.29 is 26.7 Å². The van der Waals surface area contributed by atoms with Gasteiger partial charge in [-0.05, 0) is 26.0 Å². The number of rotatable bonds is 6. The maximum atomic E-state index is 13.2. The number of nitrogens with zero attached hydrogens (tertiary/aromatic N) is 2. The smallest absolute Gasteiger partial charge is 0.456 e. The summed E-state index contributed by atoms with van der Waals surface area (Å²) >= 11 is 1.34. The lowest BCUT2D eigenvalue weighted by molar-refractivity contribution is -0.290. The number of aryl methyl sites for hydroxylation is 1. The highest BCUT2D eigenvalue weighted by Gasteiger charge is 2.58. The molecule has 1 aromatic carbocycles. The van der Waals surface area contributed by atoms with Crippen LogP contribution in [0.2, 0.25) is 0 Å². The molecule has 0 spiro atoms. The third kappa shape index (κ3) is 4.21. The number of aromatic amines is 1. The number of H-pyrrole nitrogens is 1. The molecule has 0 radical (unpaired) electrons. The summed E-state index contributed by atoms with van der Waals surface area (Å²) in [5.41, 5.74) is 2.99. The first kappa shape index (κ1) is 20.4. The Balaban J connectivity index is 1.75.